The summed E-state index contributed by atoms with van der Waals surface area (Å²) in [5.41, 5.74) is 4.44. The number of nitriles is 1. The lowest BCUT2D eigenvalue weighted by Gasteiger charge is -2.33. The van der Waals surface area contributed by atoms with Crippen LogP contribution in [-0.2, 0) is 0 Å². The molecule has 0 aliphatic carbocycles. The smallest absolute Gasteiger partial charge is 0.229 e. The highest BCUT2D eigenvalue weighted by Gasteiger charge is 2.21. The van der Waals surface area contributed by atoms with Gasteiger partial charge in [-0.1, -0.05) is 11.6 Å². The molecular formula is C24H24ClN9. The summed E-state index contributed by atoms with van der Waals surface area (Å²) in [6.45, 7) is 5.76. The minimum atomic E-state index is 0.239. The van der Waals surface area contributed by atoms with Gasteiger partial charge in [-0.3, -0.25) is 0 Å². The maximum absolute atomic E-state index is 8.95. The van der Waals surface area contributed by atoms with Crippen molar-refractivity contribution >= 4 is 40.5 Å². The molecule has 5 heterocycles. The van der Waals surface area contributed by atoms with E-state index in [4.69, 9.17) is 16.9 Å². The van der Waals surface area contributed by atoms with Crippen LogP contribution in [0.5, 0.6) is 0 Å². The monoisotopic (exact) mass is 473 g/mol. The molecule has 10 heteroatoms. The number of nitrogens with zero attached hydrogens (tertiary/aromatic N) is 7. The summed E-state index contributed by atoms with van der Waals surface area (Å²) >= 11 is 6.40. The van der Waals surface area contributed by atoms with E-state index in [-0.39, 0.29) is 6.04 Å². The molecule has 0 radical (unpaired) electrons. The molecule has 0 saturated carbocycles. The van der Waals surface area contributed by atoms with Gasteiger partial charge in [0.15, 0.2) is 5.82 Å². The molecule has 4 aromatic heterocycles. The third kappa shape index (κ3) is 4.45. The summed E-state index contributed by atoms with van der Waals surface area (Å²) in [5, 5.41) is 16.2. The van der Waals surface area contributed by atoms with E-state index < -0.39 is 0 Å². The van der Waals surface area contributed by atoms with Gasteiger partial charge in [0.2, 0.25) is 5.95 Å². The Bertz CT molecular complexity index is 1370. The number of piperidine rings is 1. The molecule has 0 unspecified atom stereocenters. The molecule has 1 aliphatic heterocycles. The summed E-state index contributed by atoms with van der Waals surface area (Å²) in [4.78, 5) is 20.1. The van der Waals surface area contributed by atoms with Gasteiger partial charge in [-0.2, -0.15) is 10.2 Å². The molecule has 0 amide bonds. The van der Waals surface area contributed by atoms with Crippen molar-refractivity contribution in [2.75, 3.05) is 28.6 Å². The first kappa shape index (κ1) is 21.9. The van der Waals surface area contributed by atoms with Gasteiger partial charge >= 0.3 is 0 Å². The van der Waals surface area contributed by atoms with Crippen molar-refractivity contribution in [2.24, 2.45) is 0 Å². The van der Waals surface area contributed by atoms with Crippen LogP contribution in [0.4, 0.5) is 23.3 Å². The number of fused-ring (bicyclic) bond motifs is 1. The fourth-order valence-electron chi connectivity index (χ4n) is 4.10. The molecule has 0 atom stereocenters. The lowest BCUT2D eigenvalue weighted by molar-refractivity contribution is 0.522. The van der Waals surface area contributed by atoms with Crippen LogP contribution in [-0.4, -0.2) is 43.5 Å². The minimum Gasteiger partial charge on any atom is -0.366 e. The lowest BCUT2D eigenvalue weighted by atomic mass is 10.0. The maximum atomic E-state index is 8.95. The summed E-state index contributed by atoms with van der Waals surface area (Å²) in [6.07, 6.45) is 7.05. The second kappa shape index (κ2) is 9.15. The van der Waals surface area contributed by atoms with Gasteiger partial charge in [0.1, 0.15) is 22.6 Å². The lowest BCUT2D eigenvalue weighted by Crippen LogP contribution is -2.39. The number of rotatable bonds is 5. The zero-order valence-corrected chi connectivity index (χ0v) is 19.7. The normalized spacial score (nSPS) is 14.2. The Hall–Kier alpha value is -3.90. The largest absolute Gasteiger partial charge is 0.366 e. The van der Waals surface area contributed by atoms with Gasteiger partial charge in [-0.05, 0) is 51.0 Å². The van der Waals surface area contributed by atoms with Crippen LogP contribution in [0.3, 0.4) is 0 Å². The zero-order chi connectivity index (χ0) is 23.7. The van der Waals surface area contributed by atoms with Crippen LogP contribution >= 0.6 is 11.6 Å². The standard InChI is InChI=1S/C24H24ClN9/c1-15-16(2)34-14-19(4-6-22(34)29-15)31-24-28-13-20(25)23(32-24)30-18-7-9-33(10-8-18)21-5-3-17(11-26)12-27-21/h3-6,12-14,18H,7-10H2,1-2H3,(H2,28,30,31,32). The van der Waals surface area contributed by atoms with E-state index in [2.05, 4.69) is 41.5 Å². The highest BCUT2D eigenvalue weighted by atomic mass is 35.5. The van der Waals surface area contributed by atoms with E-state index in [9.17, 15) is 0 Å². The van der Waals surface area contributed by atoms with Crippen LogP contribution in [0.1, 0.15) is 29.8 Å². The summed E-state index contributed by atoms with van der Waals surface area (Å²) in [7, 11) is 0. The Labute approximate surface area is 202 Å². The number of halogens is 1. The van der Waals surface area contributed by atoms with Crippen LogP contribution in [0.15, 0.2) is 42.9 Å². The third-order valence-electron chi connectivity index (χ3n) is 6.13. The van der Waals surface area contributed by atoms with Crippen molar-refractivity contribution in [3.05, 3.63) is 64.8 Å². The van der Waals surface area contributed by atoms with Crippen LogP contribution in [0, 0.1) is 25.2 Å². The number of imidazole rings is 1. The van der Waals surface area contributed by atoms with Gasteiger partial charge in [0.25, 0.3) is 0 Å². The Morgan fingerprint density at radius 2 is 1.88 bits per heavy atom. The van der Waals surface area contributed by atoms with Crippen LogP contribution in [0.2, 0.25) is 5.02 Å². The highest BCUT2D eigenvalue weighted by Crippen LogP contribution is 2.26. The van der Waals surface area contributed by atoms with Crippen molar-refractivity contribution in [1.29, 1.82) is 5.26 Å². The molecular weight excluding hydrogens is 450 g/mol. The molecule has 0 aromatic carbocycles. The second-order valence-corrected chi connectivity index (χ2v) is 8.77. The van der Waals surface area contributed by atoms with Gasteiger partial charge in [-0.15, -0.1) is 0 Å². The molecule has 5 rings (SSSR count). The number of aryl methyl sites for hydroxylation is 2. The molecule has 172 valence electrons. The van der Waals surface area contributed by atoms with E-state index in [1.165, 1.54) is 0 Å². The van der Waals surface area contributed by atoms with E-state index >= 15 is 0 Å². The molecule has 1 aliphatic rings. The molecule has 1 saturated heterocycles. The van der Waals surface area contributed by atoms with E-state index in [1.54, 1.807) is 18.5 Å². The summed E-state index contributed by atoms with van der Waals surface area (Å²) < 4.78 is 2.04. The Kier molecular flexibility index (Phi) is 5.90. The van der Waals surface area contributed by atoms with E-state index in [0.717, 1.165) is 54.5 Å². The fraction of sp³-hybridized carbons (Fsp3) is 0.292. The SMILES string of the molecule is Cc1nc2ccc(Nc3ncc(Cl)c(NC4CCN(c5ccc(C#N)cn5)CC4)n3)cn2c1C. The average Bonchev–Trinajstić information content (AvgIpc) is 3.15. The molecule has 4 aromatic rings. The molecule has 34 heavy (non-hydrogen) atoms. The summed E-state index contributed by atoms with van der Waals surface area (Å²) in [5.74, 6) is 1.98. The molecule has 9 nitrogen and oxygen atoms in total. The summed E-state index contributed by atoms with van der Waals surface area (Å²) in [6, 6.07) is 9.96. The van der Waals surface area contributed by atoms with Crippen molar-refractivity contribution < 1.29 is 0 Å². The van der Waals surface area contributed by atoms with Crippen molar-refractivity contribution in [3.63, 3.8) is 0 Å². The first-order chi connectivity index (χ1) is 16.5. The van der Waals surface area contributed by atoms with Gasteiger partial charge in [-0.25, -0.2) is 15.0 Å². The highest BCUT2D eigenvalue weighted by molar-refractivity contribution is 6.32. The number of hydrogen-bond donors (Lipinski definition) is 2. The second-order valence-electron chi connectivity index (χ2n) is 8.37. The van der Waals surface area contributed by atoms with E-state index in [1.807, 2.05) is 42.6 Å². The maximum Gasteiger partial charge on any atom is 0.229 e. The molecule has 0 bridgehead atoms. The van der Waals surface area contributed by atoms with Crippen LogP contribution in [0.25, 0.3) is 5.65 Å². The Balaban J connectivity index is 1.24. The first-order valence-electron chi connectivity index (χ1n) is 11.1. The first-order valence-corrected chi connectivity index (χ1v) is 11.5. The third-order valence-corrected chi connectivity index (χ3v) is 6.41. The number of aromatic nitrogens is 5. The quantitative estimate of drug-likeness (QED) is 0.436. The number of pyridine rings is 2. The van der Waals surface area contributed by atoms with Crippen molar-refractivity contribution in [3.8, 4) is 6.07 Å². The number of anilines is 4. The van der Waals surface area contributed by atoms with Crippen molar-refractivity contribution in [2.45, 2.75) is 32.7 Å². The van der Waals surface area contributed by atoms with Crippen LogP contribution < -0.4 is 15.5 Å². The number of hydrogen-bond acceptors (Lipinski definition) is 8. The molecule has 2 N–H and O–H groups in total. The predicted octanol–water partition coefficient (Wildman–Crippen LogP) is 4.49. The van der Waals surface area contributed by atoms with Crippen molar-refractivity contribution in [1.82, 2.24) is 24.3 Å². The van der Waals surface area contributed by atoms with Gasteiger partial charge in [0.05, 0.1) is 23.1 Å². The van der Waals surface area contributed by atoms with Gasteiger partial charge in [0, 0.05) is 37.2 Å². The van der Waals surface area contributed by atoms with Gasteiger partial charge < -0.3 is 19.9 Å². The zero-order valence-electron chi connectivity index (χ0n) is 19.0. The molecule has 1 fully saturated rings. The predicted molar refractivity (Wildman–Crippen MR) is 133 cm³/mol. The fourth-order valence-corrected chi connectivity index (χ4v) is 4.24. The molecule has 0 spiro atoms. The number of nitrogens with one attached hydrogen (secondary N) is 2. The van der Waals surface area contributed by atoms with E-state index in [0.29, 0.717) is 22.4 Å². The minimum absolute atomic E-state index is 0.239. The Morgan fingerprint density at radius 1 is 1.06 bits per heavy atom. The average molecular weight is 474 g/mol. The Morgan fingerprint density at radius 3 is 2.62 bits per heavy atom. The topological polar surface area (TPSA) is 107 Å².